The third kappa shape index (κ3) is 2.80. The van der Waals surface area contributed by atoms with E-state index in [0.717, 1.165) is 17.1 Å². The Morgan fingerprint density at radius 1 is 1.16 bits per heavy atom. The Bertz CT molecular complexity index is 644. The van der Waals surface area contributed by atoms with Gasteiger partial charge in [-0.1, -0.05) is 0 Å². The first-order chi connectivity index (χ1) is 9.31. The topological polar surface area (TPSA) is 43.0 Å². The number of nitrogens with zero attached hydrogens (tertiary/aromatic N) is 2. The van der Waals surface area contributed by atoms with E-state index in [2.05, 4.69) is 10.4 Å². The zero-order chi connectivity index (χ0) is 13.1. The van der Waals surface area contributed by atoms with Gasteiger partial charge in [0.2, 0.25) is 0 Å². The lowest BCUT2D eigenvalue weighted by molar-refractivity contribution is 0.520. The van der Waals surface area contributed by atoms with Crippen molar-refractivity contribution in [2.75, 3.05) is 5.32 Å². The van der Waals surface area contributed by atoms with E-state index in [1.54, 1.807) is 12.3 Å². The molecule has 0 saturated carbocycles. The minimum absolute atomic E-state index is 0.408. The summed E-state index contributed by atoms with van der Waals surface area (Å²) < 4.78 is 7.09. The average molecular weight is 274 g/mol. The Morgan fingerprint density at radius 3 is 2.63 bits per heavy atom. The fourth-order valence-corrected chi connectivity index (χ4v) is 1.95. The monoisotopic (exact) mass is 273 g/mol. The number of furan rings is 1. The van der Waals surface area contributed by atoms with Crippen LogP contribution in [0.2, 0.25) is 5.22 Å². The Kier molecular flexibility index (Phi) is 3.25. The fourth-order valence-electron chi connectivity index (χ4n) is 1.79. The summed E-state index contributed by atoms with van der Waals surface area (Å²) >= 11 is 5.72. The predicted octanol–water partition coefficient (Wildman–Crippen LogP) is 3.73. The van der Waals surface area contributed by atoms with Crippen molar-refractivity contribution in [2.45, 2.75) is 6.54 Å². The number of nitrogens with one attached hydrogen (secondary N) is 1. The number of hydrogen-bond donors (Lipinski definition) is 1. The highest BCUT2D eigenvalue weighted by atomic mass is 35.5. The van der Waals surface area contributed by atoms with Gasteiger partial charge in [0.1, 0.15) is 5.76 Å². The molecule has 5 heteroatoms. The van der Waals surface area contributed by atoms with Crippen LogP contribution in [0.5, 0.6) is 0 Å². The van der Waals surface area contributed by atoms with Gasteiger partial charge in [-0.3, -0.25) is 0 Å². The van der Waals surface area contributed by atoms with E-state index in [-0.39, 0.29) is 0 Å². The molecule has 0 aliphatic rings. The van der Waals surface area contributed by atoms with Crippen LogP contribution in [0.3, 0.4) is 0 Å². The van der Waals surface area contributed by atoms with Crippen molar-refractivity contribution < 1.29 is 4.42 Å². The molecule has 0 bridgehead atoms. The SMILES string of the molecule is Clc1ccc(CNc2ccc(-n3cccn3)cc2)o1. The van der Waals surface area contributed by atoms with Gasteiger partial charge in [0.25, 0.3) is 0 Å². The average Bonchev–Trinajstić information content (AvgIpc) is 3.08. The summed E-state index contributed by atoms with van der Waals surface area (Å²) in [6.07, 6.45) is 3.67. The summed E-state index contributed by atoms with van der Waals surface area (Å²) in [6, 6.07) is 13.5. The second-order valence-corrected chi connectivity index (χ2v) is 4.43. The van der Waals surface area contributed by atoms with Gasteiger partial charge in [-0.15, -0.1) is 0 Å². The van der Waals surface area contributed by atoms with E-state index in [9.17, 15) is 0 Å². The summed E-state index contributed by atoms with van der Waals surface area (Å²) in [5.74, 6) is 0.807. The van der Waals surface area contributed by atoms with E-state index in [0.29, 0.717) is 11.8 Å². The van der Waals surface area contributed by atoms with Crippen LogP contribution in [0.25, 0.3) is 5.69 Å². The minimum Gasteiger partial charge on any atom is -0.448 e. The third-order valence-electron chi connectivity index (χ3n) is 2.73. The van der Waals surface area contributed by atoms with Gasteiger partial charge in [-0.05, 0) is 54.1 Å². The van der Waals surface area contributed by atoms with Crippen LogP contribution in [0, 0.1) is 0 Å². The van der Waals surface area contributed by atoms with Crippen molar-refractivity contribution in [1.82, 2.24) is 9.78 Å². The van der Waals surface area contributed by atoms with Crippen LogP contribution in [0.4, 0.5) is 5.69 Å². The van der Waals surface area contributed by atoms with E-state index in [4.69, 9.17) is 16.0 Å². The Hall–Kier alpha value is -2.20. The number of hydrogen-bond acceptors (Lipinski definition) is 3. The summed E-state index contributed by atoms with van der Waals surface area (Å²) in [5, 5.41) is 7.85. The molecule has 2 heterocycles. The number of anilines is 1. The van der Waals surface area contributed by atoms with Crippen molar-refractivity contribution in [3.8, 4) is 5.69 Å². The summed E-state index contributed by atoms with van der Waals surface area (Å²) in [7, 11) is 0. The molecule has 0 atom stereocenters. The maximum absolute atomic E-state index is 5.72. The molecule has 2 aromatic heterocycles. The smallest absolute Gasteiger partial charge is 0.193 e. The molecule has 3 rings (SSSR count). The van der Waals surface area contributed by atoms with Crippen LogP contribution < -0.4 is 5.32 Å². The molecule has 0 unspecified atom stereocenters. The van der Waals surface area contributed by atoms with Crippen LogP contribution in [0.1, 0.15) is 5.76 Å². The molecule has 0 saturated heterocycles. The number of rotatable bonds is 4. The van der Waals surface area contributed by atoms with Crippen molar-refractivity contribution in [1.29, 1.82) is 0 Å². The maximum atomic E-state index is 5.72. The van der Waals surface area contributed by atoms with Gasteiger partial charge in [0.15, 0.2) is 5.22 Å². The van der Waals surface area contributed by atoms with E-state index in [1.165, 1.54) is 0 Å². The first-order valence-corrected chi connectivity index (χ1v) is 6.27. The second kappa shape index (κ2) is 5.20. The van der Waals surface area contributed by atoms with Gasteiger partial charge in [0.05, 0.1) is 12.2 Å². The molecule has 1 N–H and O–H groups in total. The largest absolute Gasteiger partial charge is 0.448 e. The highest BCUT2D eigenvalue weighted by Crippen LogP contribution is 2.16. The lowest BCUT2D eigenvalue weighted by Gasteiger charge is -2.06. The molecule has 0 fully saturated rings. The Morgan fingerprint density at radius 2 is 2.00 bits per heavy atom. The molecule has 0 aliphatic carbocycles. The molecule has 0 aliphatic heterocycles. The third-order valence-corrected chi connectivity index (χ3v) is 2.93. The zero-order valence-corrected chi connectivity index (χ0v) is 10.8. The number of aromatic nitrogens is 2. The first-order valence-electron chi connectivity index (χ1n) is 5.89. The molecule has 0 spiro atoms. The first kappa shape index (κ1) is 11.9. The minimum atomic E-state index is 0.408. The van der Waals surface area contributed by atoms with Gasteiger partial charge >= 0.3 is 0 Å². The van der Waals surface area contributed by atoms with Gasteiger partial charge in [-0.2, -0.15) is 5.10 Å². The molecule has 0 amide bonds. The lowest BCUT2D eigenvalue weighted by atomic mass is 10.3. The van der Waals surface area contributed by atoms with Crippen molar-refractivity contribution in [3.05, 3.63) is 65.8 Å². The quantitative estimate of drug-likeness (QED) is 0.788. The Labute approximate surface area is 115 Å². The van der Waals surface area contributed by atoms with Crippen molar-refractivity contribution >= 4 is 17.3 Å². The summed E-state index contributed by atoms with van der Waals surface area (Å²) in [4.78, 5) is 0. The van der Waals surface area contributed by atoms with Crippen molar-refractivity contribution in [2.24, 2.45) is 0 Å². The van der Waals surface area contributed by atoms with E-state index < -0.39 is 0 Å². The summed E-state index contributed by atoms with van der Waals surface area (Å²) in [6.45, 7) is 0.605. The van der Waals surface area contributed by atoms with Gasteiger partial charge < -0.3 is 9.73 Å². The molecular formula is C14H12ClN3O. The maximum Gasteiger partial charge on any atom is 0.193 e. The summed E-state index contributed by atoms with van der Waals surface area (Å²) in [5.41, 5.74) is 2.04. The molecule has 96 valence electrons. The van der Waals surface area contributed by atoms with Gasteiger partial charge in [0, 0.05) is 18.1 Å². The normalized spacial score (nSPS) is 10.6. The standard InChI is InChI=1S/C14H12ClN3O/c15-14-7-6-13(19-14)10-16-11-2-4-12(5-3-11)18-9-1-8-17-18/h1-9,16H,10H2. The van der Waals surface area contributed by atoms with Crippen LogP contribution in [-0.4, -0.2) is 9.78 Å². The number of halogens is 1. The fraction of sp³-hybridized carbons (Fsp3) is 0.0714. The lowest BCUT2D eigenvalue weighted by Crippen LogP contribution is -1.99. The van der Waals surface area contributed by atoms with E-state index >= 15 is 0 Å². The molecule has 0 radical (unpaired) electrons. The van der Waals surface area contributed by atoms with Crippen LogP contribution in [0.15, 0.2) is 59.3 Å². The van der Waals surface area contributed by atoms with Crippen LogP contribution >= 0.6 is 11.6 Å². The molecular weight excluding hydrogens is 262 g/mol. The highest BCUT2D eigenvalue weighted by molar-refractivity contribution is 6.28. The molecule has 19 heavy (non-hydrogen) atoms. The van der Waals surface area contributed by atoms with Crippen molar-refractivity contribution in [3.63, 3.8) is 0 Å². The number of benzene rings is 1. The Balaban J connectivity index is 1.66. The zero-order valence-electron chi connectivity index (χ0n) is 10.1. The molecule has 3 aromatic rings. The van der Waals surface area contributed by atoms with Crippen LogP contribution in [-0.2, 0) is 6.54 Å². The van der Waals surface area contributed by atoms with Gasteiger partial charge in [-0.25, -0.2) is 4.68 Å². The highest BCUT2D eigenvalue weighted by Gasteiger charge is 2.00. The van der Waals surface area contributed by atoms with E-state index in [1.807, 2.05) is 47.3 Å². The second-order valence-electron chi connectivity index (χ2n) is 4.06. The predicted molar refractivity (Wildman–Crippen MR) is 74.6 cm³/mol. The molecule has 4 nitrogen and oxygen atoms in total. The molecule has 1 aromatic carbocycles.